The molecule has 1 unspecified atom stereocenters. The average molecular weight is 291 g/mol. The molecule has 1 aromatic rings. The van der Waals surface area contributed by atoms with E-state index in [0.717, 1.165) is 17.7 Å². The van der Waals surface area contributed by atoms with Gasteiger partial charge in [0.1, 0.15) is 12.3 Å². The molecule has 0 spiro atoms. The first kappa shape index (κ1) is 15.4. The number of carbonyl (C=O) groups excluding carboxylic acids is 2. The van der Waals surface area contributed by atoms with Crippen molar-refractivity contribution in [3.05, 3.63) is 29.8 Å². The minimum absolute atomic E-state index is 0.0171. The normalized spacial score (nSPS) is 16.0. The van der Waals surface area contributed by atoms with Crippen molar-refractivity contribution >= 4 is 11.9 Å². The number of rotatable bonds is 6. The summed E-state index contributed by atoms with van der Waals surface area (Å²) in [5.41, 5.74) is 1.03. The van der Waals surface area contributed by atoms with Crippen LogP contribution in [-0.4, -0.2) is 42.6 Å². The summed E-state index contributed by atoms with van der Waals surface area (Å²) in [6, 6.07) is 7.63. The van der Waals surface area contributed by atoms with E-state index >= 15 is 0 Å². The molecular weight excluding hydrogens is 270 g/mol. The number of hydrogen-bond acceptors (Lipinski definition) is 4. The Hall–Kier alpha value is -2.04. The molecule has 1 heterocycles. The highest BCUT2D eigenvalue weighted by Gasteiger charge is 2.32. The Labute approximate surface area is 124 Å². The van der Waals surface area contributed by atoms with Crippen molar-refractivity contribution in [1.82, 2.24) is 4.90 Å². The fourth-order valence-electron chi connectivity index (χ4n) is 2.42. The molecule has 114 valence electrons. The van der Waals surface area contributed by atoms with E-state index in [0.29, 0.717) is 19.6 Å². The van der Waals surface area contributed by atoms with Gasteiger partial charge in [-0.3, -0.25) is 9.59 Å². The fraction of sp³-hybridized carbons (Fsp3) is 0.500. The first-order valence-electron chi connectivity index (χ1n) is 7.34. The molecule has 0 aliphatic carbocycles. The van der Waals surface area contributed by atoms with Crippen molar-refractivity contribution in [2.75, 3.05) is 19.7 Å². The zero-order valence-electron chi connectivity index (χ0n) is 12.5. The maximum absolute atomic E-state index is 12.5. The van der Waals surface area contributed by atoms with E-state index in [9.17, 15) is 9.59 Å². The van der Waals surface area contributed by atoms with Crippen LogP contribution in [-0.2, 0) is 20.7 Å². The number of esters is 1. The van der Waals surface area contributed by atoms with Crippen LogP contribution in [0.4, 0.5) is 0 Å². The van der Waals surface area contributed by atoms with Gasteiger partial charge in [-0.15, -0.1) is 0 Å². The Morgan fingerprint density at radius 2 is 2.10 bits per heavy atom. The molecule has 0 bridgehead atoms. The quantitative estimate of drug-likeness (QED) is 0.750. The average Bonchev–Trinajstić information content (AvgIpc) is 2.90. The van der Waals surface area contributed by atoms with E-state index in [1.807, 2.05) is 31.2 Å². The van der Waals surface area contributed by atoms with E-state index in [4.69, 9.17) is 9.47 Å². The maximum atomic E-state index is 12.5. The molecule has 1 aromatic carbocycles. The van der Waals surface area contributed by atoms with Gasteiger partial charge in [0.15, 0.2) is 6.10 Å². The smallest absolute Gasteiger partial charge is 0.325 e. The lowest BCUT2D eigenvalue weighted by molar-refractivity contribution is -0.151. The molecule has 5 nitrogen and oxygen atoms in total. The van der Waals surface area contributed by atoms with Crippen LogP contribution in [0, 0.1) is 0 Å². The van der Waals surface area contributed by atoms with Gasteiger partial charge in [-0.1, -0.05) is 25.1 Å². The summed E-state index contributed by atoms with van der Waals surface area (Å²) in [5.74, 6) is 0.222. The first-order chi connectivity index (χ1) is 10.2. The van der Waals surface area contributed by atoms with E-state index in [2.05, 4.69) is 0 Å². The number of benzene rings is 1. The van der Waals surface area contributed by atoms with Crippen LogP contribution in [0.1, 0.15) is 25.8 Å². The zero-order chi connectivity index (χ0) is 15.2. The van der Waals surface area contributed by atoms with Gasteiger partial charge in [0.05, 0.1) is 6.61 Å². The van der Waals surface area contributed by atoms with Crippen molar-refractivity contribution < 1.29 is 19.1 Å². The summed E-state index contributed by atoms with van der Waals surface area (Å²) in [5, 5.41) is 0. The molecule has 0 radical (unpaired) electrons. The van der Waals surface area contributed by atoms with Crippen molar-refractivity contribution in [1.29, 1.82) is 0 Å². The van der Waals surface area contributed by atoms with Crippen LogP contribution < -0.4 is 4.74 Å². The summed E-state index contributed by atoms with van der Waals surface area (Å²) in [4.78, 5) is 25.7. The lowest BCUT2D eigenvalue weighted by atomic mass is 10.1. The Bertz CT molecular complexity index is 490. The molecule has 0 N–H and O–H groups in total. The molecule has 0 saturated carbocycles. The zero-order valence-corrected chi connectivity index (χ0v) is 12.5. The van der Waals surface area contributed by atoms with Crippen LogP contribution in [0.15, 0.2) is 24.3 Å². The molecule has 0 saturated heterocycles. The van der Waals surface area contributed by atoms with Gasteiger partial charge in [0, 0.05) is 13.0 Å². The lowest BCUT2D eigenvalue weighted by Gasteiger charge is -2.23. The van der Waals surface area contributed by atoms with Gasteiger partial charge in [-0.25, -0.2) is 0 Å². The van der Waals surface area contributed by atoms with E-state index < -0.39 is 6.10 Å². The van der Waals surface area contributed by atoms with E-state index in [1.54, 1.807) is 6.92 Å². The Balaban J connectivity index is 2.01. The van der Waals surface area contributed by atoms with E-state index in [1.165, 1.54) is 4.90 Å². The van der Waals surface area contributed by atoms with Gasteiger partial charge in [0.25, 0.3) is 5.91 Å². The molecule has 1 atom stereocenters. The molecule has 1 aliphatic rings. The molecule has 1 aliphatic heterocycles. The summed E-state index contributed by atoms with van der Waals surface area (Å²) in [7, 11) is 0. The number of ether oxygens (including phenoxy) is 2. The van der Waals surface area contributed by atoms with Gasteiger partial charge >= 0.3 is 5.97 Å². The van der Waals surface area contributed by atoms with Crippen LogP contribution in [0.5, 0.6) is 5.75 Å². The molecule has 21 heavy (non-hydrogen) atoms. The predicted molar refractivity (Wildman–Crippen MR) is 78.1 cm³/mol. The van der Waals surface area contributed by atoms with Gasteiger partial charge in [-0.05, 0) is 25.0 Å². The molecular formula is C16H21NO4. The van der Waals surface area contributed by atoms with Crippen LogP contribution in [0.25, 0.3) is 0 Å². The Kier molecular flexibility index (Phi) is 5.20. The second-order valence-corrected chi connectivity index (χ2v) is 4.98. The second-order valence-electron chi connectivity index (χ2n) is 4.98. The number of carbonyl (C=O) groups is 2. The minimum Gasteiger partial charge on any atom is -0.480 e. The Morgan fingerprint density at radius 3 is 2.76 bits per heavy atom. The summed E-state index contributed by atoms with van der Waals surface area (Å²) < 4.78 is 10.6. The third kappa shape index (κ3) is 3.74. The van der Waals surface area contributed by atoms with Crippen molar-refractivity contribution in [3.8, 4) is 5.75 Å². The third-order valence-corrected chi connectivity index (χ3v) is 3.35. The van der Waals surface area contributed by atoms with Gasteiger partial charge < -0.3 is 14.4 Å². The van der Waals surface area contributed by atoms with Crippen LogP contribution in [0.2, 0.25) is 0 Å². The topological polar surface area (TPSA) is 55.8 Å². The number of hydrogen-bond donors (Lipinski definition) is 0. The third-order valence-electron chi connectivity index (χ3n) is 3.35. The SMILES string of the molecule is CCCN(CC(=O)OCC)C(=O)C1Cc2ccccc2O1. The second kappa shape index (κ2) is 7.11. The molecule has 0 fully saturated rings. The summed E-state index contributed by atoms with van der Waals surface area (Å²) >= 11 is 0. The molecule has 1 amide bonds. The molecule has 5 heteroatoms. The first-order valence-corrected chi connectivity index (χ1v) is 7.34. The Morgan fingerprint density at radius 1 is 1.33 bits per heavy atom. The fourth-order valence-corrected chi connectivity index (χ4v) is 2.42. The van der Waals surface area contributed by atoms with Crippen molar-refractivity contribution in [2.45, 2.75) is 32.8 Å². The maximum Gasteiger partial charge on any atom is 0.325 e. The van der Waals surface area contributed by atoms with Crippen LogP contribution in [0.3, 0.4) is 0 Å². The van der Waals surface area contributed by atoms with E-state index in [-0.39, 0.29) is 18.4 Å². The largest absolute Gasteiger partial charge is 0.480 e. The highest BCUT2D eigenvalue weighted by atomic mass is 16.5. The standard InChI is InChI=1S/C16H21NO4/c1-3-9-17(11-15(18)20-4-2)16(19)14-10-12-7-5-6-8-13(12)21-14/h5-8,14H,3-4,9-11H2,1-2H3. The lowest BCUT2D eigenvalue weighted by Crippen LogP contribution is -2.44. The number of amides is 1. The van der Waals surface area contributed by atoms with Crippen molar-refractivity contribution in [3.63, 3.8) is 0 Å². The predicted octanol–water partition coefficient (Wildman–Crippen LogP) is 1.79. The summed E-state index contributed by atoms with van der Waals surface area (Å²) in [6.45, 7) is 4.54. The monoisotopic (exact) mass is 291 g/mol. The molecule has 2 rings (SSSR count). The molecule has 0 aromatic heterocycles. The highest BCUT2D eigenvalue weighted by Crippen LogP contribution is 2.28. The van der Waals surface area contributed by atoms with Gasteiger partial charge in [0.2, 0.25) is 0 Å². The van der Waals surface area contributed by atoms with Crippen molar-refractivity contribution in [2.24, 2.45) is 0 Å². The summed E-state index contributed by atoms with van der Waals surface area (Å²) in [6.07, 6.45) is 0.798. The van der Waals surface area contributed by atoms with Crippen LogP contribution >= 0.6 is 0 Å². The number of fused-ring (bicyclic) bond motifs is 1. The van der Waals surface area contributed by atoms with Gasteiger partial charge in [-0.2, -0.15) is 0 Å². The minimum atomic E-state index is -0.539. The number of para-hydroxylation sites is 1. The highest BCUT2D eigenvalue weighted by molar-refractivity contribution is 5.86. The number of nitrogens with zero attached hydrogens (tertiary/aromatic N) is 1.